The van der Waals surface area contributed by atoms with Crippen LogP contribution < -0.4 is 5.32 Å². The SMILES string of the molecule is O=C(Nc1nc(CN2CCOCC2)cs1)C1CCCN(C(=O)c2ccc(Cl)cc2)C1. The second-order valence-electron chi connectivity index (χ2n) is 7.62. The van der Waals surface area contributed by atoms with Crippen LogP contribution in [0.5, 0.6) is 0 Å². The minimum atomic E-state index is -0.235. The van der Waals surface area contributed by atoms with E-state index < -0.39 is 0 Å². The maximum Gasteiger partial charge on any atom is 0.253 e. The monoisotopic (exact) mass is 448 g/mol. The van der Waals surface area contributed by atoms with Crippen LogP contribution in [-0.2, 0) is 16.1 Å². The van der Waals surface area contributed by atoms with E-state index in [0.717, 1.165) is 51.4 Å². The van der Waals surface area contributed by atoms with Crippen molar-refractivity contribution in [2.75, 3.05) is 44.7 Å². The number of carbonyl (C=O) groups is 2. The highest BCUT2D eigenvalue weighted by atomic mass is 35.5. The van der Waals surface area contributed by atoms with Gasteiger partial charge >= 0.3 is 0 Å². The number of halogens is 1. The molecule has 1 aromatic heterocycles. The Morgan fingerprint density at radius 3 is 2.73 bits per heavy atom. The van der Waals surface area contributed by atoms with Crippen LogP contribution in [-0.4, -0.2) is 66.0 Å². The first-order valence-corrected chi connectivity index (χ1v) is 11.4. The highest BCUT2D eigenvalue weighted by Crippen LogP contribution is 2.23. The smallest absolute Gasteiger partial charge is 0.253 e. The van der Waals surface area contributed by atoms with Crippen molar-refractivity contribution >= 4 is 39.9 Å². The topological polar surface area (TPSA) is 74.8 Å². The Labute approximate surface area is 185 Å². The quantitative estimate of drug-likeness (QED) is 0.760. The third-order valence-electron chi connectivity index (χ3n) is 5.44. The molecule has 30 heavy (non-hydrogen) atoms. The summed E-state index contributed by atoms with van der Waals surface area (Å²) in [4.78, 5) is 34.2. The second-order valence-corrected chi connectivity index (χ2v) is 8.91. The van der Waals surface area contributed by atoms with E-state index in [-0.39, 0.29) is 17.7 Å². The van der Waals surface area contributed by atoms with Crippen LogP contribution in [0.2, 0.25) is 5.02 Å². The molecule has 0 spiro atoms. The second kappa shape index (κ2) is 9.87. The van der Waals surface area contributed by atoms with Crippen LogP contribution >= 0.6 is 22.9 Å². The van der Waals surface area contributed by atoms with E-state index >= 15 is 0 Å². The van der Waals surface area contributed by atoms with Crippen LogP contribution in [0, 0.1) is 5.92 Å². The summed E-state index contributed by atoms with van der Waals surface area (Å²) in [7, 11) is 0. The van der Waals surface area contributed by atoms with Crippen molar-refractivity contribution in [3.8, 4) is 0 Å². The molecular weight excluding hydrogens is 424 g/mol. The Hall–Kier alpha value is -2.00. The molecule has 0 bridgehead atoms. The van der Waals surface area contributed by atoms with E-state index in [4.69, 9.17) is 16.3 Å². The van der Waals surface area contributed by atoms with Gasteiger partial charge in [-0.15, -0.1) is 11.3 Å². The van der Waals surface area contributed by atoms with E-state index in [1.54, 1.807) is 29.2 Å². The average Bonchev–Trinajstić information content (AvgIpc) is 3.21. The largest absolute Gasteiger partial charge is 0.379 e. The van der Waals surface area contributed by atoms with Gasteiger partial charge in [0.05, 0.1) is 24.8 Å². The molecule has 1 aromatic carbocycles. The fraction of sp³-hybridized carbons (Fsp3) is 0.476. The zero-order chi connectivity index (χ0) is 20.9. The fourth-order valence-electron chi connectivity index (χ4n) is 3.78. The minimum Gasteiger partial charge on any atom is -0.379 e. The molecule has 1 atom stereocenters. The zero-order valence-electron chi connectivity index (χ0n) is 16.7. The summed E-state index contributed by atoms with van der Waals surface area (Å²) in [5, 5.41) is 6.15. The third kappa shape index (κ3) is 5.37. The molecule has 3 heterocycles. The van der Waals surface area contributed by atoms with Crippen LogP contribution in [0.25, 0.3) is 0 Å². The predicted octanol–water partition coefficient (Wildman–Crippen LogP) is 3.12. The molecule has 2 fully saturated rings. The van der Waals surface area contributed by atoms with E-state index in [1.165, 1.54) is 11.3 Å². The number of hydrogen-bond donors (Lipinski definition) is 1. The van der Waals surface area contributed by atoms with Gasteiger partial charge in [0.25, 0.3) is 5.91 Å². The van der Waals surface area contributed by atoms with Crippen molar-refractivity contribution in [1.29, 1.82) is 0 Å². The molecule has 0 saturated carbocycles. The number of thiazole rings is 1. The van der Waals surface area contributed by atoms with Crippen molar-refractivity contribution in [2.24, 2.45) is 5.92 Å². The Morgan fingerprint density at radius 2 is 1.97 bits per heavy atom. The van der Waals surface area contributed by atoms with Gasteiger partial charge in [0, 0.05) is 48.7 Å². The first-order chi connectivity index (χ1) is 14.6. The number of anilines is 1. The maximum absolute atomic E-state index is 12.8. The van der Waals surface area contributed by atoms with Gasteiger partial charge in [0.1, 0.15) is 0 Å². The number of carbonyl (C=O) groups excluding carboxylic acids is 2. The van der Waals surface area contributed by atoms with Crippen molar-refractivity contribution in [1.82, 2.24) is 14.8 Å². The molecule has 9 heteroatoms. The lowest BCUT2D eigenvalue weighted by Crippen LogP contribution is -2.43. The van der Waals surface area contributed by atoms with E-state index in [0.29, 0.717) is 28.8 Å². The molecular formula is C21H25ClN4O3S. The molecule has 7 nitrogen and oxygen atoms in total. The number of nitrogens with one attached hydrogen (secondary N) is 1. The standard InChI is InChI=1S/C21H25ClN4O3S/c22-17-5-3-15(4-6-17)20(28)26-7-1-2-16(12-26)19(27)24-21-23-18(14-30-21)13-25-8-10-29-11-9-25/h3-6,14,16H,1-2,7-13H2,(H,23,24,27). The Bertz CT molecular complexity index is 883. The highest BCUT2D eigenvalue weighted by Gasteiger charge is 2.29. The van der Waals surface area contributed by atoms with Gasteiger partial charge in [-0.25, -0.2) is 4.98 Å². The highest BCUT2D eigenvalue weighted by molar-refractivity contribution is 7.13. The van der Waals surface area contributed by atoms with Crippen molar-refractivity contribution in [2.45, 2.75) is 19.4 Å². The molecule has 2 saturated heterocycles. The summed E-state index contributed by atoms with van der Waals surface area (Å²) in [5.41, 5.74) is 1.55. The molecule has 4 rings (SSSR count). The number of ether oxygens (including phenoxy) is 1. The van der Waals surface area contributed by atoms with Crippen molar-refractivity contribution in [3.63, 3.8) is 0 Å². The summed E-state index contributed by atoms with van der Waals surface area (Å²) in [5.74, 6) is -0.372. The maximum atomic E-state index is 12.8. The normalized spacial score (nSPS) is 20.2. The molecule has 2 amide bonds. The number of benzene rings is 1. The van der Waals surface area contributed by atoms with Crippen molar-refractivity contribution in [3.05, 3.63) is 45.9 Å². The summed E-state index contributed by atoms with van der Waals surface area (Å²) in [6.45, 7) is 5.15. The number of rotatable bonds is 5. The molecule has 2 aromatic rings. The summed E-state index contributed by atoms with van der Waals surface area (Å²) in [6.07, 6.45) is 1.57. The first kappa shape index (κ1) is 21.2. The lowest BCUT2D eigenvalue weighted by Gasteiger charge is -2.32. The molecule has 2 aliphatic rings. The van der Waals surface area contributed by atoms with Gasteiger partial charge in [-0.05, 0) is 37.1 Å². The van der Waals surface area contributed by atoms with Gasteiger partial charge in [-0.1, -0.05) is 11.6 Å². The van der Waals surface area contributed by atoms with Crippen LogP contribution in [0.4, 0.5) is 5.13 Å². The number of piperidine rings is 1. The molecule has 0 radical (unpaired) electrons. The zero-order valence-corrected chi connectivity index (χ0v) is 18.3. The summed E-state index contributed by atoms with van der Waals surface area (Å²) < 4.78 is 5.37. The molecule has 160 valence electrons. The van der Waals surface area contributed by atoms with E-state index in [2.05, 4.69) is 15.2 Å². The van der Waals surface area contributed by atoms with Gasteiger partial charge in [-0.2, -0.15) is 0 Å². The van der Waals surface area contributed by atoms with E-state index in [1.807, 2.05) is 5.38 Å². The number of aromatic nitrogens is 1. The van der Waals surface area contributed by atoms with Gasteiger partial charge in [-0.3, -0.25) is 14.5 Å². The van der Waals surface area contributed by atoms with Crippen LogP contribution in [0.3, 0.4) is 0 Å². The van der Waals surface area contributed by atoms with Crippen LogP contribution in [0.1, 0.15) is 28.9 Å². The number of hydrogen-bond acceptors (Lipinski definition) is 6. The lowest BCUT2D eigenvalue weighted by atomic mass is 9.96. The minimum absolute atomic E-state index is 0.0637. The molecule has 1 unspecified atom stereocenters. The molecule has 2 aliphatic heterocycles. The van der Waals surface area contributed by atoms with Gasteiger partial charge in [0.15, 0.2) is 5.13 Å². The van der Waals surface area contributed by atoms with E-state index in [9.17, 15) is 9.59 Å². The van der Waals surface area contributed by atoms with Gasteiger partial charge < -0.3 is 15.0 Å². The molecule has 0 aliphatic carbocycles. The Kier molecular flexibility index (Phi) is 6.99. The van der Waals surface area contributed by atoms with Crippen LogP contribution in [0.15, 0.2) is 29.6 Å². The molecule has 1 N–H and O–H groups in total. The number of nitrogens with zero attached hydrogens (tertiary/aromatic N) is 3. The summed E-state index contributed by atoms with van der Waals surface area (Å²) in [6, 6.07) is 6.86. The fourth-order valence-corrected chi connectivity index (χ4v) is 4.61. The number of likely N-dealkylation sites (tertiary alicyclic amines) is 1. The Balaban J connectivity index is 1.32. The third-order valence-corrected chi connectivity index (χ3v) is 6.50. The summed E-state index contributed by atoms with van der Waals surface area (Å²) >= 11 is 7.35. The Morgan fingerprint density at radius 1 is 1.20 bits per heavy atom. The van der Waals surface area contributed by atoms with Gasteiger partial charge in [0.2, 0.25) is 5.91 Å². The number of morpholine rings is 1. The first-order valence-electron chi connectivity index (χ1n) is 10.2. The average molecular weight is 449 g/mol. The predicted molar refractivity (Wildman–Crippen MR) is 117 cm³/mol. The number of amides is 2. The van der Waals surface area contributed by atoms with Crippen molar-refractivity contribution < 1.29 is 14.3 Å². The lowest BCUT2D eigenvalue weighted by molar-refractivity contribution is -0.121.